The summed E-state index contributed by atoms with van der Waals surface area (Å²) < 4.78 is 15.8. The van der Waals surface area contributed by atoms with E-state index >= 15 is 0 Å². The van der Waals surface area contributed by atoms with Gasteiger partial charge in [0.2, 0.25) is 0 Å². The maximum absolute atomic E-state index is 12.2. The average molecular weight is 418 g/mol. The molecule has 0 unspecified atom stereocenters. The zero-order valence-corrected chi connectivity index (χ0v) is 16.8. The van der Waals surface area contributed by atoms with Crippen LogP contribution in [0.2, 0.25) is 0 Å². The number of benzene rings is 2. The Morgan fingerprint density at radius 2 is 1.93 bits per heavy atom. The summed E-state index contributed by atoms with van der Waals surface area (Å²) in [4.78, 5) is 34.0. The van der Waals surface area contributed by atoms with Gasteiger partial charge in [-0.3, -0.25) is 14.9 Å². The standard InChI is InChI=1S/C20H22N2O8/c1-12-17(22(26)27)15(20(24)25)11-16(18(12)29-3)30-9-5-8-21-19(23)13-6-4-7-14(10-13)28-2/h4,6-7,10-11H,5,8-9H2,1-3H3,(H,21,23)(H,24,25). The van der Waals surface area contributed by atoms with Crippen molar-refractivity contribution in [2.75, 3.05) is 27.4 Å². The second kappa shape index (κ2) is 10.1. The highest BCUT2D eigenvalue weighted by molar-refractivity contribution is 5.95. The van der Waals surface area contributed by atoms with E-state index in [4.69, 9.17) is 14.2 Å². The van der Waals surface area contributed by atoms with Crippen molar-refractivity contribution >= 4 is 17.6 Å². The highest BCUT2D eigenvalue weighted by Crippen LogP contribution is 2.39. The van der Waals surface area contributed by atoms with Crippen molar-refractivity contribution in [3.63, 3.8) is 0 Å². The molecule has 10 heteroatoms. The van der Waals surface area contributed by atoms with Crippen molar-refractivity contribution in [1.82, 2.24) is 5.32 Å². The number of rotatable bonds is 10. The highest BCUT2D eigenvalue weighted by atomic mass is 16.6. The second-order valence-electron chi connectivity index (χ2n) is 6.18. The molecule has 2 N–H and O–H groups in total. The van der Waals surface area contributed by atoms with E-state index in [0.29, 0.717) is 24.3 Å². The van der Waals surface area contributed by atoms with Gasteiger partial charge >= 0.3 is 5.97 Å². The summed E-state index contributed by atoms with van der Waals surface area (Å²) in [5.41, 5.74) is -0.519. The molecule has 160 valence electrons. The van der Waals surface area contributed by atoms with Crippen molar-refractivity contribution in [1.29, 1.82) is 0 Å². The largest absolute Gasteiger partial charge is 0.497 e. The van der Waals surface area contributed by atoms with Crippen molar-refractivity contribution in [2.45, 2.75) is 13.3 Å². The molecular formula is C20H22N2O8. The number of amides is 1. The number of carbonyl (C=O) groups is 2. The number of ether oxygens (including phenoxy) is 3. The Labute approximate surface area is 172 Å². The molecule has 0 heterocycles. The minimum atomic E-state index is -1.44. The van der Waals surface area contributed by atoms with Gasteiger partial charge in [0.25, 0.3) is 11.6 Å². The Morgan fingerprint density at radius 1 is 1.20 bits per heavy atom. The van der Waals surface area contributed by atoms with Crippen LogP contribution in [0.4, 0.5) is 5.69 Å². The van der Waals surface area contributed by atoms with E-state index in [-0.39, 0.29) is 29.6 Å². The normalized spacial score (nSPS) is 10.2. The number of nitrogens with one attached hydrogen (secondary N) is 1. The number of carboxylic acids is 1. The van der Waals surface area contributed by atoms with Crippen LogP contribution < -0.4 is 19.5 Å². The number of methoxy groups -OCH3 is 2. The molecule has 0 bridgehead atoms. The SMILES string of the molecule is COc1cccc(C(=O)NCCCOc2cc(C(=O)O)c([N+](=O)[O-])c(C)c2OC)c1. The van der Waals surface area contributed by atoms with Gasteiger partial charge < -0.3 is 24.6 Å². The lowest BCUT2D eigenvalue weighted by Crippen LogP contribution is -2.25. The van der Waals surface area contributed by atoms with E-state index in [1.165, 1.54) is 21.1 Å². The molecule has 0 saturated heterocycles. The third-order valence-corrected chi connectivity index (χ3v) is 4.26. The number of nitro groups is 1. The molecule has 0 fully saturated rings. The number of nitrogens with zero attached hydrogens (tertiary/aromatic N) is 1. The summed E-state index contributed by atoms with van der Waals surface area (Å²) in [7, 11) is 2.83. The van der Waals surface area contributed by atoms with Crippen LogP contribution in [0, 0.1) is 17.0 Å². The lowest BCUT2D eigenvalue weighted by molar-refractivity contribution is -0.385. The molecule has 0 saturated carbocycles. The van der Waals surface area contributed by atoms with Gasteiger partial charge in [-0.15, -0.1) is 0 Å². The van der Waals surface area contributed by atoms with E-state index in [2.05, 4.69) is 5.32 Å². The Bertz CT molecular complexity index is 958. The van der Waals surface area contributed by atoms with E-state index < -0.39 is 22.1 Å². The van der Waals surface area contributed by atoms with Gasteiger partial charge in [-0.05, 0) is 31.5 Å². The molecule has 1 amide bonds. The van der Waals surface area contributed by atoms with Crippen LogP contribution in [0.5, 0.6) is 17.2 Å². The van der Waals surface area contributed by atoms with Gasteiger partial charge in [0.1, 0.15) is 11.3 Å². The summed E-state index contributed by atoms with van der Waals surface area (Å²) in [5.74, 6) is -0.973. The summed E-state index contributed by atoms with van der Waals surface area (Å²) in [6.07, 6.45) is 0.414. The van der Waals surface area contributed by atoms with Crippen molar-refractivity contribution in [2.24, 2.45) is 0 Å². The van der Waals surface area contributed by atoms with E-state index in [1.807, 2.05) is 0 Å². The van der Waals surface area contributed by atoms with E-state index in [0.717, 1.165) is 6.07 Å². The Hall–Kier alpha value is -3.82. The smallest absolute Gasteiger partial charge is 0.342 e. The number of aromatic carboxylic acids is 1. The van der Waals surface area contributed by atoms with Crippen LogP contribution in [0.3, 0.4) is 0 Å². The molecule has 30 heavy (non-hydrogen) atoms. The number of hydrogen-bond acceptors (Lipinski definition) is 7. The molecule has 2 aromatic carbocycles. The van der Waals surface area contributed by atoms with Crippen LogP contribution in [0.1, 0.15) is 32.7 Å². The second-order valence-corrected chi connectivity index (χ2v) is 6.18. The minimum absolute atomic E-state index is 0.0590. The Balaban J connectivity index is 2.01. The fourth-order valence-electron chi connectivity index (χ4n) is 2.84. The zero-order chi connectivity index (χ0) is 22.3. The average Bonchev–Trinajstić information content (AvgIpc) is 2.72. The Kier molecular flexibility index (Phi) is 7.56. The molecular weight excluding hydrogens is 396 g/mol. The molecule has 0 aliphatic rings. The summed E-state index contributed by atoms with van der Waals surface area (Å²) >= 11 is 0. The first-order chi connectivity index (χ1) is 14.3. The van der Waals surface area contributed by atoms with Gasteiger partial charge in [-0.2, -0.15) is 0 Å². The summed E-state index contributed by atoms with van der Waals surface area (Å²) in [5, 5.41) is 23.3. The van der Waals surface area contributed by atoms with Crippen LogP contribution in [-0.2, 0) is 0 Å². The van der Waals surface area contributed by atoms with Crippen LogP contribution in [-0.4, -0.2) is 49.3 Å². The first kappa shape index (κ1) is 22.5. The number of carbonyl (C=O) groups excluding carboxylic acids is 1. The van der Waals surface area contributed by atoms with Crippen molar-refractivity contribution in [3.8, 4) is 17.2 Å². The molecule has 0 radical (unpaired) electrons. The number of hydrogen-bond donors (Lipinski definition) is 2. The third kappa shape index (κ3) is 5.16. The first-order valence-corrected chi connectivity index (χ1v) is 8.94. The third-order valence-electron chi connectivity index (χ3n) is 4.26. The quantitative estimate of drug-likeness (QED) is 0.341. The number of nitro benzene ring substituents is 1. The molecule has 0 aliphatic carbocycles. The predicted molar refractivity (Wildman–Crippen MR) is 107 cm³/mol. The first-order valence-electron chi connectivity index (χ1n) is 8.94. The summed E-state index contributed by atoms with van der Waals surface area (Å²) in [6, 6.07) is 7.78. The molecule has 0 aromatic heterocycles. The van der Waals surface area contributed by atoms with Gasteiger partial charge in [-0.1, -0.05) is 6.07 Å². The fourth-order valence-corrected chi connectivity index (χ4v) is 2.84. The molecule has 0 aliphatic heterocycles. The summed E-state index contributed by atoms with van der Waals surface area (Å²) in [6.45, 7) is 1.83. The van der Waals surface area contributed by atoms with E-state index in [9.17, 15) is 24.8 Å². The number of carboxylic acid groups (broad SMARTS) is 1. The molecule has 2 rings (SSSR count). The van der Waals surface area contributed by atoms with Crippen molar-refractivity contribution in [3.05, 3.63) is 57.1 Å². The van der Waals surface area contributed by atoms with E-state index in [1.54, 1.807) is 24.3 Å². The van der Waals surface area contributed by atoms with Crippen LogP contribution in [0.25, 0.3) is 0 Å². The highest BCUT2D eigenvalue weighted by Gasteiger charge is 2.28. The Morgan fingerprint density at radius 3 is 2.53 bits per heavy atom. The van der Waals surface area contributed by atoms with Crippen molar-refractivity contribution < 1.29 is 33.8 Å². The van der Waals surface area contributed by atoms with Gasteiger partial charge in [0.15, 0.2) is 11.5 Å². The lowest BCUT2D eigenvalue weighted by Gasteiger charge is -2.14. The monoisotopic (exact) mass is 418 g/mol. The topological polar surface area (TPSA) is 137 Å². The molecule has 2 aromatic rings. The maximum atomic E-state index is 12.2. The maximum Gasteiger partial charge on any atom is 0.342 e. The minimum Gasteiger partial charge on any atom is -0.497 e. The molecule has 0 spiro atoms. The zero-order valence-electron chi connectivity index (χ0n) is 16.8. The van der Waals surface area contributed by atoms with Crippen LogP contribution in [0.15, 0.2) is 30.3 Å². The molecule has 0 atom stereocenters. The van der Waals surface area contributed by atoms with Gasteiger partial charge in [0.05, 0.1) is 31.3 Å². The van der Waals surface area contributed by atoms with Gasteiger partial charge in [-0.25, -0.2) is 4.79 Å². The molecule has 10 nitrogen and oxygen atoms in total. The van der Waals surface area contributed by atoms with Gasteiger partial charge in [0, 0.05) is 18.2 Å². The van der Waals surface area contributed by atoms with Crippen LogP contribution >= 0.6 is 0 Å². The lowest BCUT2D eigenvalue weighted by atomic mass is 10.1. The predicted octanol–water partition coefficient (Wildman–Crippen LogP) is 2.82. The fraction of sp³-hybridized carbons (Fsp3) is 0.300.